The minimum atomic E-state index is 0.249. The summed E-state index contributed by atoms with van der Waals surface area (Å²) in [6, 6.07) is 12.3. The molecule has 7 heteroatoms. The van der Waals surface area contributed by atoms with Gasteiger partial charge in [-0.15, -0.1) is 0 Å². The number of rotatable bonds is 6. The first-order valence-corrected chi connectivity index (χ1v) is 10.5. The summed E-state index contributed by atoms with van der Waals surface area (Å²) in [5.41, 5.74) is 3.36. The average molecular weight is 405 g/mol. The van der Waals surface area contributed by atoms with Crippen molar-refractivity contribution in [2.45, 2.75) is 33.1 Å². The molecular weight excluding hydrogens is 376 g/mol. The van der Waals surface area contributed by atoms with Gasteiger partial charge in [-0.25, -0.2) is 15.0 Å². The molecule has 1 aliphatic heterocycles. The summed E-state index contributed by atoms with van der Waals surface area (Å²) in [6.45, 7) is 7.04. The highest BCUT2D eigenvalue weighted by molar-refractivity contribution is 5.76. The van der Waals surface area contributed by atoms with Gasteiger partial charge >= 0.3 is 0 Å². The monoisotopic (exact) mass is 404 g/mol. The average Bonchev–Trinajstić information content (AvgIpc) is 3.13. The molecule has 0 spiro atoms. The molecule has 0 unspecified atom stereocenters. The Morgan fingerprint density at radius 2 is 1.70 bits per heavy atom. The number of hydrogen-bond acceptors (Lipinski definition) is 5. The summed E-state index contributed by atoms with van der Waals surface area (Å²) in [6.07, 6.45) is 5.83. The maximum atomic E-state index is 12.6. The molecule has 1 aromatic carbocycles. The predicted octanol–water partition coefficient (Wildman–Crippen LogP) is 2.95. The van der Waals surface area contributed by atoms with Gasteiger partial charge < -0.3 is 9.80 Å². The van der Waals surface area contributed by atoms with E-state index in [9.17, 15) is 4.79 Å². The number of amides is 1. The van der Waals surface area contributed by atoms with Crippen molar-refractivity contribution in [3.63, 3.8) is 0 Å². The maximum Gasteiger partial charge on any atom is 0.222 e. The number of carbonyl (C=O) groups excluding carboxylic acids is 1. The summed E-state index contributed by atoms with van der Waals surface area (Å²) in [5.74, 6) is 1.96. The molecular formula is C23H28N6O. The Kier molecular flexibility index (Phi) is 6.07. The standard InChI is InChI=1S/C23H28N6O/c1-18-19(2)29(17-26-18)22-15-21(24-16-25-22)27-11-13-28(14-12-27)23(30)10-6-9-20-7-4-3-5-8-20/h3-5,7-8,15-17H,6,9-14H2,1-2H3. The molecule has 3 heterocycles. The summed E-state index contributed by atoms with van der Waals surface area (Å²) in [7, 11) is 0. The molecule has 0 radical (unpaired) electrons. The van der Waals surface area contributed by atoms with Gasteiger partial charge in [0.05, 0.1) is 5.69 Å². The Balaban J connectivity index is 1.30. The second-order valence-corrected chi connectivity index (χ2v) is 7.73. The van der Waals surface area contributed by atoms with E-state index in [1.807, 2.05) is 47.6 Å². The zero-order valence-corrected chi connectivity index (χ0v) is 17.7. The fourth-order valence-electron chi connectivity index (χ4n) is 3.80. The predicted molar refractivity (Wildman–Crippen MR) is 117 cm³/mol. The van der Waals surface area contributed by atoms with Gasteiger partial charge in [0, 0.05) is 44.4 Å². The van der Waals surface area contributed by atoms with Gasteiger partial charge in [0.1, 0.15) is 24.3 Å². The van der Waals surface area contributed by atoms with Crippen LogP contribution in [0.4, 0.5) is 5.82 Å². The van der Waals surface area contributed by atoms with E-state index < -0.39 is 0 Å². The number of aromatic nitrogens is 4. The van der Waals surface area contributed by atoms with Crippen molar-refractivity contribution in [2.75, 3.05) is 31.1 Å². The first-order valence-electron chi connectivity index (χ1n) is 10.5. The number of carbonyl (C=O) groups is 1. The first kappa shape index (κ1) is 20.1. The highest BCUT2D eigenvalue weighted by atomic mass is 16.2. The Labute approximate surface area is 177 Å². The first-order chi connectivity index (χ1) is 14.6. The van der Waals surface area contributed by atoms with Gasteiger partial charge in [0.2, 0.25) is 5.91 Å². The molecule has 0 aliphatic carbocycles. The Morgan fingerprint density at radius 1 is 0.967 bits per heavy atom. The smallest absolute Gasteiger partial charge is 0.222 e. The molecule has 7 nitrogen and oxygen atoms in total. The molecule has 156 valence electrons. The largest absolute Gasteiger partial charge is 0.353 e. The van der Waals surface area contributed by atoms with Crippen molar-refractivity contribution in [3.05, 3.63) is 66.0 Å². The van der Waals surface area contributed by atoms with Crippen LogP contribution in [0, 0.1) is 13.8 Å². The van der Waals surface area contributed by atoms with Crippen LogP contribution in [0.2, 0.25) is 0 Å². The normalized spacial score (nSPS) is 14.2. The van der Waals surface area contributed by atoms with Crippen LogP contribution in [0.25, 0.3) is 5.82 Å². The van der Waals surface area contributed by atoms with Gasteiger partial charge in [-0.2, -0.15) is 0 Å². The second kappa shape index (κ2) is 9.07. The Bertz CT molecular complexity index is 992. The molecule has 1 amide bonds. The summed E-state index contributed by atoms with van der Waals surface area (Å²) < 4.78 is 1.98. The fourth-order valence-corrected chi connectivity index (χ4v) is 3.80. The zero-order valence-electron chi connectivity index (χ0n) is 17.7. The molecule has 2 aromatic heterocycles. The van der Waals surface area contributed by atoms with E-state index in [2.05, 4.69) is 32.0 Å². The van der Waals surface area contributed by atoms with Gasteiger partial charge in [-0.1, -0.05) is 30.3 Å². The molecule has 0 bridgehead atoms. The number of aryl methyl sites for hydroxylation is 2. The van der Waals surface area contributed by atoms with Crippen LogP contribution < -0.4 is 4.90 Å². The van der Waals surface area contributed by atoms with Crippen molar-refractivity contribution >= 4 is 11.7 Å². The lowest BCUT2D eigenvalue weighted by molar-refractivity contribution is -0.131. The van der Waals surface area contributed by atoms with Gasteiger partial charge in [0.15, 0.2) is 0 Å². The summed E-state index contributed by atoms with van der Waals surface area (Å²) in [5, 5.41) is 0. The lowest BCUT2D eigenvalue weighted by Gasteiger charge is -2.35. The summed E-state index contributed by atoms with van der Waals surface area (Å²) in [4.78, 5) is 30.0. The van der Waals surface area contributed by atoms with Gasteiger partial charge in [-0.3, -0.25) is 9.36 Å². The van der Waals surface area contributed by atoms with Crippen LogP contribution in [-0.2, 0) is 11.2 Å². The van der Waals surface area contributed by atoms with Gasteiger partial charge in [-0.05, 0) is 32.3 Å². The highest BCUT2D eigenvalue weighted by Gasteiger charge is 2.22. The van der Waals surface area contributed by atoms with Crippen LogP contribution in [0.1, 0.15) is 29.8 Å². The van der Waals surface area contributed by atoms with E-state index >= 15 is 0 Å². The van der Waals surface area contributed by atoms with Crippen molar-refractivity contribution < 1.29 is 4.79 Å². The highest BCUT2D eigenvalue weighted by Crippen LogP contribution is 2.18. The third-order valence-electron chi connectivity index (χ3n) is 5.79. The van der Waals surface area contributed by atoms with E-state index in [-0.39, 0.29) is 5.91 Å². The van der Waals surface area contributed by atoms with E-state index in [1.54, 1.807) is 12.7 Å². The molecule has 1 aliphatic rings. The number of benzene rings is 1. The maximum absolute atomic E-state index is 12.6. The number of imidazole rings is 1. The fraction of sp³-hybridized carbons (Fsp3) is 0.391. The van der Waals surface area contributed by atoms with E-state index in [1.165, 1.54) is 5.56 Å². The number of hydrogen-bond donors (Lipinski definition) is 0. The number of nitrogens with zero attached hydrogens (tertiary/aromatic N) is 6. The van der Waals surface area contributed by atoms with Crippen molar-refractivity contribution in [1.82, 2.24) is 24.4 Å². The molecule has 4 rings (SSSR count). The molecule has 0 N–H and O–H groups in total. The quantitative estimate of drug-likeness (QED) is 0.632. The molecule has 1 saturated heterocycles. The second-order valence-electron chi connectivity index (χ2n) is 7.73. The van der Waals surface area contributed by atoms with E-state index in [0.717, 1.165) is 62.0 Å². The molecule has 1 fully saturated rings. The molecule has 0 saturated carbocycles. The van der Waals surface area contributed by atoms with E-state index in [0.29, 0.717) is 6.42 Å². The Hall–Kier alpha value is -3.22. The minimum Gasteiger partial charge on any atom is -0.353 e. The third-order valence-corrected chi connectivity index (χ3v) is 5.79. The van der Waals surface area contributed by atoms with Crippen LogP contribution >= 0.6 is 0 Å². The number of piperazine rings is 1. The Morgan fingerprint density at radius 3 is 2.40 bits per heavy atom. The summed E-state index contributed by atoms with van der Waals surface area (Å²) >= 11 is 0. The number of anilines is 1. The lowest BCUT2D eigenvalue weighted by Crippen LogP contribution is -2.49. The lowest BCUT2D eigenvalue weighted by atomic mass is 10.1. The van der Waals surface area contributed by atoms with Crippen molar-refractivity contribution in [1.29, 1.82) is 0 Å². The van der Waals surface area contributed by atoms with Crippen molar-refractivity contribution in [2.24, 2.45) is 0 Å². The topological polar surface area (TPSA) is 67.2 Å². The van der Waals surface area contributed by atoms with Crippen molar-refractivity contribution in [3.8, 4) is 5.82 Å². The van der Waals surface area contributed by atoms with Crippen LogP contribution in [0.3, 0.4) is 0 Å². The molecule has 30 heavy (non-hydrogen) atoms. The van der Waals surface area contributed by atoms with E-state index in [4.69, 9.17) is 0 Å². The SMILES string of the molecule is Cc1ncn(-c2cc(N3CCN(C(=O)CCCc4ccccc4)CC3)ncn2)c1C. The molecule has 0 atom stereocenters. The minimum absolute atomic E-state index is 0.249. The zero-order chi connectivity index (χ0) is 20.9. The molecule has 3 aromatic rings. The van der Waals surface area contributed by atoms with Crippen LogP contribution in [-0.4, -0.2) is 56.5 Å². The van der Waals surface area contributed by atoms with Gasteiger partial charge in [0.25, 0.3) is 0 Å². The van der Waals surface area contributed by atoms with Crippen LogP contribution in [0.5, 0.6) is 0 Å². The third kappa shape index (κ3) is 4.50. The van der Waals surface area contributed by atoms with Crippen LogP contribution in [0.15, 0.2) is 49.1 Å².